The lowest BCUT2D eigenvalue weighted by atomic mass is 9.78. The number of fused-ring (bicyclic) bond motifs is 1. The zero-order valence-corrected chi connectivity index (χ0v) is 14.8. The van der Waals surface area contributed by atoms with Crippen molar-refractivity contribution in [3.63, 3.8) is 0 Å². The lowest BCUT2D eigenvalue weighted by molar-refractivity contribution is -0.126. The Balaban J connectivity index is 1.58. The maximum Gasteiger partial charge on any atom is 0.293 e. The summed E-state index contributed by atoms with van der Waals surface area (Å²) >= 11 is 5.99. The third-order valence-electron chi connectivity index (χ3n) is 5.10. The molecular weight excluding hydrogens is 354 g/mol. The number of carbonyl (C=O) groups excluding carboxylic acids is 1. The number of hydrogen-bond donors (Lipinski definition) is 2. The molecule has 0 atom stereocenters. The van der Waals surface area contributed by atoms with Gasteiger partial charge in [0.15, 0.2) is 5.82 Å². The van der Waals surface area contributed by atoms with Crippen molar-refractivity contribution in [2.45, 2.75) is 37.6 Å². The SMILES string of the molecule is O=C(NCc1nnc2c(=O)[nH]ccn12)C1(c2ccc(Cl)cc2)CCCC1. The number of rotatable bonds is 4. The summed E-state index contributed by atoms with van der Waals surface area (Å²) in [5.74, 6) is 0.489. The molecule has 0 bridgehead atoms. The number of halogens is 1. The lowest BCUT2D eigenvalue weighted by Crippen LogP contribution is -2.42. The van der Waals surface area contributed by atoms with Crippen LogP contribution in [-0.4, -0.2) is 25.5 Å². The number of carbonyl (C=O) groups is 1. The molecular formula is C18H18ClN5O2. The molecule has 26 heavy (non-hydrogen) atoms. The number of benzene rings is 1. The van der Waals surface area contributed by atoms with E-state index in [1.54, 1.807) is 10.6 Å². The first-order chi connectivity index (χ1) is 12.6. The van der Waals surface area contributed by atoms with Gasteiger partial charge in [-0.25, -0.2) is 0 Å². The van der Waals surface area contributed by atoms with Gasteiger partial charge in [0.25, 0.3) is 5.56 Å². The monoisotopic (exact) mass is 371 g/mol. The van der Waals surface area contributed by atoms with E-state index in [4.69, 9.17) is 11.6 Å². The fourth-order valence-electron chi connectivity index (χ4n) is 3.73. The Hall–Kier alpha value is -2.67. The summed E-state index contributed by atoms with van der Waals surface area (Å²) in [6.07, 6.45) is 6.83. The average molecular weight is 372 g/mol. The van der Waals surface area contributed by atoms with E-state index < -0.39 is 5.41 Å². The summed E-state index contributed by atoms with van der Waals surface area (Å²) < 4.78 is 1.59. The van der Waals surface area contributed by atoms with Gasteiger partial charge < -0.3 is 10.3 Å². The van der Waals surface area contributed by atoms with Crippen molar-refractivity contribution in [1.29, 1.82) is 0 Å². The normalized spacial score (nSPS) is 16.0. The molecule has 3 aromatic rings. The van der Waals surface area contributed by atoms with Crippen molar-refractivity contribution < 1.29 is 4.79 Å². The molecule has 0 aliphatic heterocycles. The summed E-state index contributed by atoms with van der Waals surface area (Å²) in [6, 6.07) is 7.50. The molecule has 7 nitrogen and oxygen atoms in total. The number of nitrogens with one attached hydrogen (secondary N) is 2. The molecule has 4 rings (SSSR count). The molecule has 2 aromatic heterocycles. The van der Waals surface area contributed by atoms with Gasteiger partial charge in [-0.05, 0) is 30.5 Å². The van der Waals surface area contributed by atoms with Gasteiger partial charge in [0.1, 0.15) is 0 Å². The summed E-state index contributed by atoms with van der Waals surface area (Å²) in [6.45, 7) is 0.207. The van der Waals surface area contributed by atoms with Gasteiger partial charge in [0.05, 0.1) is 12.0 Å². The van der Waals surface area contributed by atoms with Crippen LogP contribution in [0.4, 0.5) is 0 Å². The molecule has 1 aliphatic rings. The Morgan fingerprint density at radius 1 is 1.23 bits per heavy atom. The number of aromatic amines is 1. The second kappa shape index (κ2) is 6.57. The van der Waals surface area contributed by atoms with Crippen LogP contribution in [0.15, 0.2) is 41.5 Å². The van der Waals surface area contributed by atoms with Gasteiger partial charge in [-0.3, -0.25) is 14.0 Å². The highest BCUT2D eigenvalue weighted by atomic mass is 35.5. The Bertz CT molecular complexity index is 1000. The van der Waals surface area contributed by atoms with Gasteiger partial charge in [0, 0.05) is 17.4 Å². The smallest absolute Gasteiger partial charge is 0.293 e. The van der Waals surface area contributed by atoms with Gasteiger partial charge in [0.2, 0.25) is 11.6 Å². The summed E-state index contributed by atoms with van der Waals surface area (Å²) in [7, 11) is 0. The molecule has 0 unspecified atom stereocenters. The number of aromatic nitrogens is 4. The Morgan fingerprint density at radius 2 is 1.96 bits per heavy atom. The standard InChI is InChI=1S/C18H18ClN5O2/c19-13-5-3-12(4-6-13)18(7-1-2-8-18)17(26)21-11-14-22-23-15-16(25)20-9-10-24(14)15/h3-6,9-10H,1-2,7-8,11H2,(H,20,25)(H,21,26). The van der Waals surface area contributed by atoms with Crippen molar-refractivity contribution in [1.82, 2.24) is 24.9 Å². The van der Waals surface area contributed by atoms with Crippen molar-refractivity contribution in [2.24, 2.45) is 0 Å². The van der Waals surface area contributed by atoms with E-state index in [2.05, 4.69) is 20.5 Å². The highest BCUT2D eigenvalue weighted by Gasteiger charge is 2.42. The molecule has 0 spiro atoms. The first kappa shape index (κ1) is 16.8. The zero-order chi connectivity index (χ0) is 18.1. The number of nitrogens with zero attached hydrogens (tertiary/aromatic N) is 3. The van der Waals surface area contributed by atoms with Crippen LogP contribution < -0.4 is 10.9 Å². The molecule has 1 saturated carbocycles. The molecule has 0 saturated heterocycles. The van der Waals surface area contributed by atoms with Crippen LogP contribution >= 0.6 is 11.6 Å². The molecule has 1 aliphatic carbocycles. The molecule has 1 fully saturated rings. The van der Waals surface area contributed by atoms with E-state index in [-0.39, 0.29) is 23.7 Å². The fraction of sp³-hybridized carbons (Fsp3) is 0.333. The maximum absolute atomic E-state index is 13.1. The number of amides is 1. The minimum Gasteiger partial charge on any atom is -0.348 e. The van der Waals surface area contributed by atoms with Crippen molar-refractivity contribution >= 4 is 23.2 Å². The van der Waals surface area contributed by atoms with E-state index in [1.165, 1.54) is 6.20 Å². The number of H-pyrrole nitrogens is 1. The third kappa shape index (κ3) is 2.78. The summed E-state index contributed by atoms with van der Waals surface area (Å²) in [4.78, 5) is 27.4. The molecule has 134 valence electrons. The minimum atomic E-state index is -0.539. The molecule has 2 N–H and O–H groups in total. The van der Waals surface area contributed by atoms with Gasteiger partial charge in [-0.2, -0.15) is 0 Å². The highest BCUT2D eigenvalue weighted by molar-refractivity contribution is 6.30. The van der Waals surface area contributed by atoms with Crippen LogP contribution in [0.5, 0.6) is 0 Å². The van der Waals surface area contributed by atoms with E-state index in [0.717, 1.165) is 31.2 Å². The topological polar surface area (TPSA) is 92.2 Å². The van der Waals surface area contributed by atoms with E-state index in [9.17, 15) is 9.59 Å². The van der Waals surface area contributed by atoms with E-state index in [1.807, 2.05) is 24.3 Å². The van der Waals surface area contributed by atoms with Crippen LogP contribution in [0.2, 0.25) is 5.02 Å². The van der Waals surface area contributed by atoms with Crippen molar-refractivity contribution in [3.05, 3.63) is 63.4 Å². The molecule has 2 heterocycles. The highest BCUT2D eigenvalue weighted by Crippen LogP contribution is 2.41. The van der Waals surface area contributed by atoms with Crippen LogP contribution in [-0.2, 0) is 16.8 Å². The summed E-state index contributed by atoms with van der Waals surface area (Å²) in [5, 5.41) is 11.5. The maximum atomic E-state index is 13.1. The quantitative estimate of drug-likeness (QED) is 0.735. The Morgan fingerprint density at radius 3 is 2.69 bits per heavy atom. The second-order valence-corrected chi connectivity index (χ2v) is 7.01. The average Bonchev–Trinajstić information content (AvgIpc) is 3.29. The Labute approximate surface area is 154 Å². The van der Waals surface area contributed by atoms with Crippen molar-refractivity contribution in [3.8, 4) is 0 Å². The Kier molecular flexibility index (Phi) is 4.24. The van der Waals surface area contributed by atoms with E-state index in [0.29, 0.717) is 10.8 Å². The second-order valence-electron chi connectivity index (χ2n) is 6.58. The molecule has 1 amide bonds. The van der Waals surface area contributed by atoms with Gasteiger partial charge in [-0.1, -0.05) is 36.6 Å². The van der Waals surface area contributed by atoms with Crippen LogP contribution in [0.1, 0.15) is 37.1 Å². The van der Waals surface area contributed by atoms with Gasteiger partial charge in [-0.15, -0.1) is 10.2 Å². The molecule has 1 aromatic carbocycles. The predicted octanol–water partition coefficient (Wildman–Crippen LogP) is 2.20. The first-order valence-electron chi connectivity index (χ1n) is 8.56. The fourth-order valence-corrected chi connectivity index (χ4v) is 3.86. The summed E-state index contributed by atoms with van der Waals surface area (Å²) in [5.41, 5.74) is 0.346. The van der Waals surface area contributed by atoms with Gasteiger partial charge >= 0.3 is 0 Å². The predicted molar refractivity (Wildman–Crippen MR) is 97.1 cm³/mol. The third-order valence-corrected chi connectivity index (χ3v) is 5.36. The van der Waals surface area contributed by atoms with E-state index >= 15 is 0 Å². The van der Waals surface area contributed by atoms with Crippen molar-refractivity contribution in [2.75, 3.05) is 0 Å². The minimum absolute atomic E-state index is 0.0288. The van der Waals surface area contributed by atoms with Crippen LogP contribution in [0, 0.1) is 0 Å². The van der Waals surface area contributed by atoms with Crippen LogP contribution in [0.3, 0.4) is 0 Å². The largest absolute Gasteiger partial charge is 0.348 e. The lowest BCUT2D eigenvalue weighted by Gasteiger charge is -2.28. The first-order valence-corrected chi connectivity index (χ1v) is 8.94. The molecule has 0 radical (unpaired) electrons. The van der Waals surface area contributed by atoms with Crippen LogP contribution in [0.25, 0.3) is 5.65 Å². The zero-order valence-electron chi connectivity index (χ0n) is 14.0. The number of hydrogen-bond acceptors (Lipinski definition) is 4. The molecule has 8 heteroatoms.